The highest BCUT2D eigenvalue weighted by Crippen LogP contribution is 2.31. The van der Waals surface area contributed by atoms with Gasteiger partial charge in [-0.1, -0.05) is 6.07 Å². The molecule has 0 spiro atoms. The standard InChI is InChI=1S/C12H14FNO2/c13-9-2-3-10-8(7-9)1-4-11(10)14-6-5-12(15)16/h2-3,7,11,14H,1,4-6H2,(H,15,16). The molecule has 0 aromatic heterocycles. The third kappa shape index (κ3) is 2.39. The van der Waals surface area contributed by atoms with Crippen LogP contribution in [0.1, 0.15) is 30.0 Å². The van der Waals surface area contributed by atoms with Crippen LogP contribution in [0, 0.1) is 5.82 Å². The number of hydrogen-bond donors (Lipinski definition) is 2. The van der Waals surface area contributed by atoms with E-state index in [0.29, 0.717) is 6.54 Å². The number of benzene rings is 1. The van der Waals surface area contributed by atoms with Crippen LogP contribution in [0.2, 0.25) is 0 Å². The summed E-state index contributed by atoms with van der Waals surface area (Å²) in [4.78, 5) is 10.4. The Hall–Kier alpha value is -1.42. The summed E-state index contributed by atoms with van der Waals surface area (Å²) in [5.41, 5.74) is 2.14. The summed E-state index contributed by atoms with van der Waals surface area (Å²) in [5.74, 6) is -1.00. The van der Waals surface area contributed by atoms with Gasteiger partial charge in [0.05, 0.1) is 6.42 Å². The van der Waals surface area contributed by atoms with E-state index in [0.717, 1.165) is 24.0 Å². The van der Waals surface area contributed by atoms with Gasteiger partial charge in [-0.3, -0.25) is 4.79 Å². The van der Waals surface area contributed by atoms with Gasteiger partial charge in [-0.25, -0.2) is 4.39 Å². The van der Waals surface area contributed by atoms with Crippen LogP contribution in [-0.4, -0.2) is 17.6 Å². The Morgan fingerprint density at radius 3 is 3.12 bits per heavy atom. The maximum Gasteiger partial charge on any atom is 0.304 e. The molecule has 0 bridgehead atoms. The SMILES string of the molecule is O=C(O)CCNC1CCc2cc(F)ccc21. The number of carboxylic acids is 1. The van der Waals surface area contributed by atoms with Crippen molar-refractivity contribution in [3.8, 4) is 0 Å². The van der Waals surface area contributed by atoms with E-state index in [1.165, 1.54) is 6.07 Å². The minimum atomic E-state index is -0.801. The van der Waals surface area contributed by atoms with Gasteiger partial charge < -0.3 is 10.4 Å². The van der Waals surface area contributed by atoms with Crippen LogP contribution in [0.4, 0.5) is 4.39 Å². The Bertz CT molecular complexity index is 406. The fraction of sp³-hybridized carbons (Fsp3) is 0.417. The normalized spacial score (nSPS) is 18.4. The lowest BCUT2D eigenvalue weighted by atomic mass is 10.1. The van der Waals surface area contributed by atoms with Gasteiger partial charge in [0.25, 0.3) is 0 Å². The molecule has 0 radical (unpaired) electrons. The third-order valence-electron chi connectivity index (χ3n) is 2.91. The summed E-state index contributed by atoms with van der Waals surface area (Å²) >= 11 is 0. The van der Waals surface area contributed by atoms with Crippen molar-refractivity contribution in [2.24, 2.45) is 0 Å². The van der Waals surface area contributed by atoms with Crippen molar-refractivity contribution >= 4 is 5.97 Å². The van der Waals surface area contributed by atoms with E-state index >= 15 is 0 Å². The summed E-state index contributed by atoms with van der Waals surface area (Å²) < 4.78 is 12.9. The monoisotopic (exact) mass is 223 g/mol. The summed E-state index contributed by atoms with van der Waals surface area (Å²) in [7, 11) is 0. The van der Waals surface area contributed by atoms with E-state index in [9.17, 15) is 9.18 Å². The molecule has 2 rings (SSSR count). The smallest absolute Gasteiger partial charge is 0.304 e. The first-order chi connectivity index (χ1) is 7.66. The van der Waals surface area contributed by atoms with E-state index in [1.54, 1.807) is 12.1 Å². The first kappa shape index (κ1) is 11.1. The van der Waals surface area contributed by atoms with E-state index in [1.807, 2.05) is 0 Å². The summed E-state index contributed by atoms with van der Waals surface area (Å²) in [6.07, 6.45) is 1.89. The molecule has 1 aliphatic carbocycles. The Labute approximate surface area is 93.3 Å². The molecule has 86 valence electrons. The predicted molar refractivity (Wildman–Crippen MR) is 57.7 cm³/mol. The number of aryl methyl sites for hydroxylation is 1. The van der Waals surface area contributed by atoms with Crippen molar-refractivity contribution in [2.45, 2.75) is 25.3 Å². The number of carbonyl (C=O) groups is 1. The first-order valence-corrected chi connectivity index (χ1v) is 5.40. The number of hydrogen-bond acceptors (Lipinski definition) is 2. The number of carboxylic acid groups (broad SMARTS) is 1. The van der Waals surface area contributed by atoms with Crippen LogP contribution >= 0.6 is 0 Å². The summed E-state index contributed by atoms with van der Waals surface area (Å²) in [6, 6.07) is 4.98. The second-order valence-corrected chi connectivity index (χ2v) is 4.03. The molecule has 0 heterocycles. The molecular weight excluding hydrogens is 209 g/mol. The molecule has 0 saturated heterocycles. The molecule has 2 N–H and O–H groups in total. The van der Waals surface area contributed by atoms with Gasteiger partial charge in [0.2, 0.25) is 0 Å². The van der Waals surface area contributed by atoms with Gasteiger partial charge in [0.1, 0.15) is 5.82 Å². The molecule has 1 aliphatic rings. The van der Waals surface area contributed by atoms with Crippen LogP contribution in [-0.2, 0) is 11.2 Å². The number of aliphatic carboxylic acids is 1. The Morgan fingerprint density at radius 1 is 1.56 bits per heavy atom. The number of halogens is 1. The lowest BCUT2D eigenvalue weighted by molar-refractivity contribution is -0.136. The fourth-order valence-electron chi connectivity index (χ4n) is 2.15. The maximum atomic E-state index is 12.9. The zero-order valence-corrected chi connectivity index (χ0v) is 8.87. The van der Waals surface area contributed by atoms with E-state index in [-0.39, 0.29) is 18.3 Å². The van der Waals surface area contributed by atoms with Crippen molar-refractivity contribution < 1.29 is 14.3 Å². The molecule has 1 atom stereocenters. The average molecular weight is 223 g/mol. The number of nitrogens with one attached hydrogen (secondary N) is 1. The van der Waals surface area contributed by atoms with Gasteiger partial charge >= 0.3 is 5.97 Å². The molecule has 0 fully saturated rings. The van der Waals surface area contributed by atoms with Gasteiger partial charge in [0.15, 0.2) is 0 Å². The van der Waals surface area contributed by atoms with Crippen LogP contribution < -0.4 is 5.32 Å². The molecule has 3 nitrogen and oxygen atoms in total. The lowest BCUT2D eigenvalue weighted by Gasteiger charge is -2.12. The van der Waals surface area contributed by atoms with E-state index < -0.39 is 5.97 Å². The van der Waals surface area contributed by atoms with Crippen molar-refractivity contribution in [2.75, 3.05) is 6.54 Å². The maximum absolute atomic E-state index is 12.9. The molecule has 16 heavy (non-hydrogen) atoms. The topological polar surface area (TPSA) is 49.3 Å². The third-order valence-corrected chi connectivity index (χ3v) is 2.91. The molecule has 4 heteroatoms. The molecule has 1 aromatic carbocycles. The molecular formula is C12H14FNO2. The summed E-state index contributed by atoms with van der Waals surface area (Å²) in [5, 5.41) is 11.7. The minimum Gasteiger partial charge on any atom is -0.481 e. The predicted octanol–water partition coefficient (Wildman–Crippen LogP) is 1.88. The van der Waals surface area contributed by atoms with Gasteiger partial charge in [-0.2, -0.15) is 0 Å². The molecule has 0 aliphatic heterocycles. The van der Waals surface area contributed by atoms with Crippen LogP contribution in [0.5, 0.6) is 0 Å². The van der Waals surface area contributed by atoms with Gasteiger partial charge in [-0.05, 0) is 36.1 Å². The largest absolute Gasteiger partial charge is 0.481 e. The van der Waals surface area contributed by atoms with Crippen molar-refractivity contribution in [3.05, 3.63) is 35.1 Å². The first-order valence-electron chi connectivity index (χ1n) is 5.40. The zero-order valence-electron chi connectivity index (χ0n) is 8.87. The molecule has 1 unspecified atom stereocenters. The van der Waals surface area contributed by atoms with E-state index in [2.05, 4.69) is 5.32 Å². The minimum absolute atomic E-state index is 0.118. The highest BCUT2D eigenvalue weighted by Gasteiger charge is 2.22. The highest BCUT2D eigenvalue weighted by atomic mass is 19.1. The van der Waals surface area contributed by atoms with E-state index in [4.69, 9.17) is 5.11 Å². The van der Waals surface area contributed by atoms with Crippen molar-refractivity contribution in [3.63, 3.8) is 0 Å². The Kier molecular flexibility index (Phi) is 3.19. The second kappa shape index (κ2) is 4.61. The van der Waals surface area contributed by atoms with Crippen molar-refractivity contribution in [1.82, 2.24) is 5.32 Å². The summed E-state index contributed by atoms with van der Waals surface area (Å²) in [6.45, 7) is 0.455. The molecule has 0 saturated carbocycles. The second-order valence-electron chi connectivity index (χ2n) is 4.03. The Balaban J connectivity index is 1.98. The van der Waals surface area contributed by atoms with Crippen LogP contribution in [0.15, 0.2) is 18.2 Å². The van der Waals surface area contributed by atoms with Crippen molar-refractivity contribution in [1.29, 1.82) is 0 Å². The molecule has 1 aromatic rings. The molecule has 0 amide bonds. The Morgan fingerprint density at radius 2 is 2.38 bits per heavy atom. The van der Waals surface area contributed by atoms with Crippen LogP contribution in [0.25, 0.3) is 0 Å². The average Bonchev–Trinajstić information content (AvgIpc) is 2.60. The number of fused-ring (bicyclic) bond motifs is 1. The van der Waals surface area contributed by atoms with Crippen LogP contribution in [0.3, 0.4) is 0 Å². The van der Waals surface area contributed by atoms with Gasteiger partial charge in [0, 0.05) is 12.6 Å². The number of rotatable bonds is 4. The van der Waals surface area contributed by atoms with Gasteiger partial charge in [-0.15, -0.1) is 0 Å². The lowest BCUT2D eigenvalue weighted by Crippen LogP contribution is -2.22. The highest BCUT2D eigenvalue weighted by molar-refractivity contribution is 5.66. The fourth-order valence-corrected chi connectivity index (χ4v) is 2.15. The zero-order chi connectivity index (χ0) is 11.5. The quantitative estimate of drug-likeness (QED) is 0.819.